The van der Waals surface area contributed by atoms with Crippen LogP contribution in [0.5, 0.6) is 0 Å². The number of halogens is 3. The summed E-state index contributed by atoms with van der Waals surface area (Å²) in [5, 5.41) is 9.81. The second kappa shape index (κ2) is 7.84. The van der Waals surface area contributed by atoms with Crippen molar-refractivity contribution >= 4 is 5.91 Å². The van der Waals surface area contributed by atoms with Crippen LogP contribution in [0.4, 0.5) is 13.2 Å². The average molecular weight is 408 g/mol. The second-order valence-corrected chi connectivity index (χ2v) is 7.73. The van der Waals surface area contributed by atoms with Gasteiger partial charge in [-0.1, -0.05) is 12.1 Å². The number of β-amino-alcohol motifs (C(OH)–C–C–N with tert-alkyl or cyclic N) is 1. The summed E-state index contributed by atoms with van der Waals surface area (Å²) in [6.07, 6.45) is -1.74. The first-order valence-corrected chi connectivity index (χ1v) is 9.73. The molecule has 1 N–H and O–H groups in total. The molecular formula is C21H23F3N2O3. The zero-order valence-corrected chi connectivity index (χ0v) is 15.9. The van der Waals surface area contributed by atoms with Gasteiger partial charge in [-0.25, -0.2) is 0 Å². The minimum Gasteiger partial charge on any atom is -0.469 e. The van der Waals surface area contributed by atoms with Gasteiger partial charge in [-0.2, -0.15) is 13.2 Å². The summed E-state index contributed by atoms with van der Waals surface area (Å²) in [5.74, 6) is 0.745. The van der Waals surface area contributed by atoms with Crippen molar-refractivity contribution < 1.29 is 27.5 Å². The van der Waals surface area contributed by atoms with E-state index in [0.29, 0.717) is 38.0 Å². The highest BCUT2D eigenvalue weighted by Crippen LogP contribution is 2.33. The van der Waals surface area contributed by atoms with Gasteiger partial charge in [0.15, 0.2) is 0 Å². The molecule has 0 spiro atoms. The topological polar surface area (TPSA) is 56.9 Å². The van der Waals surface area contributed by atoms with E-state index in [9.17, 15) is 23.1 Å². The summed E-state index contributed by atoms with van der Waals surface area (Å²) in [6.45, 7) is 2.44. The maximum absolute atomic E-state index is 13.0. The number of hydrogen-bond acceptors (Lipinski definition) is 4. The van der Waals surface area contributed by atoms with Crippen LogP contribution in [0.1, 0.15) is 34.9 Å². The Morgan fingerprint density at radius 2 is 1.93 bits per heavy atom. The first-order valence-electron chi connectivity index (χ1n) is 9.73. The monoisotopic (exact) mass is 408 g/mol. The van der Waals surface area contributed by atoms with Crippen LogP contribution in [-0.2, 0) is 23.8 Å². The molecule has 0 aliphatic carbocycles. The third kappa shape index (κ3) is 4.33. The zero-order chi connectivity index (χ0) is 20.6. The lowest BCUT2D eigenvalue weighted by atomic mass is 9.97. The van der Waals surface area contributed by atoms with E-state index in [0.717, 1.165) is 30.0 Å². The Kier molecular flexibility index (Phi) is 5.40. The number of nitrogens with zero attached hydrogens (tertiary/aromatic N) is 2. The quantitative estimate of drug-likeness (QED) is 0.845. The summed E-state index contributed by atoms with van der Waals surface area (Å²) >= 11 is 0. The fourth-order valence-electron chi connectivity index (χ4n) is 4.20. The summed E-state index contributed by atoms with van der Waals surface area (Å²) in [6, 6.07) is 6.43. The summed E-state index contributed by atoms with van der Waals surface area (Å²) in [4.78, 5) is 17.0. The molecule has 1 aromatic carbocycles. The van der Waals surface area contributed by atoms with Gasteiger partial charge in [0.1, 0.15) is 5.76 Å². The highest BCUT2D eigenvalue weighted by atomic mass is 19.4. The first-order chi connectivity index (χ1) is 13.8. The number of hydrogen-bond donors (Lipinski definition) is 1. The third-order valence-corrected chi connectivity index (χ3v) is 5.73. The predicted molar refractivity (Wildman–Crippen MR) is 99.1 cm³/mol. The van der Waals surface area contributed by atoms with Gasteiger partial charge < -0.3 is 14.4 Å². The Morgan fingerprint density at radius 3 is 2.59 bits per heavy atom. The van der Waals surface area contributed by atoms with Crippen molar-refractivity contribution in [1.82, 2.24) is 9.80 Å². The molecule has 0 radical (unpaired) electrons. The SMILES string of the molecule is O=C(Cc1ccc(C(F)(F)F)cc1)N1CCc2occc2C1CN1CCC(O)C1. The molecule has 0 bridgehead atoms. The van der Waals surface area contributed by atoms with Crippen LogP contribution < -0.4 is 0 Å². The van der Waals surface area contributed by atoms with Gasteiger partial charge in [0.05, 0.1) is 30.4 Å². The minimum atomic E-state index is -4.39. The number of carbonyl (C=O) groups is 1. The summed E-state index contributed by atoms with van der Waals surface area (Å²) in [7, 11) is 0. The molecule has 1 amide bonds. The minimum absolute atomic E-state index is 0.0461. The number of fused-ring (bicyclic) bond motifs is 1. The van der Waals surface area contributed by atoms with E-state index in [-0.39, 0.29) is 24.5 Å². The fourth-order valence-corrected chi connectivity index (χ4v) is 4.20. The highest BCUT2D eigenvalue weighted by molar-refractivity contribution is 5.79. The number of alkyl halides is 3. The second-order valence-electron chi connectivity index (χ2n) is 7.73. The van der Waals surface area contributed by atoms with Crippen LogP contribution in [0.15, 0.2) is 41.0 Å². The number of aliphatic hydroxyl groups excluding tert-OH is 1. The third-order valence-electron chi connectivity index (χ3n) is 5.73. The molecule has 8 heteroatoms. The lowest BCUT2D eigenvalue weighted by Gasteiger charge is -2.37. The van der Waals surface area contributed by atoms with E-state index < -0.39 is 11.7 Å². The normalized spacial score (nSPS) is 22.7. The van der Waals surface area contributed by atoms with Crippen molar-refractivity contribution in [1.29, 1.82) is 0 Å². The van der Waals surface area contributed by atoms with E-state index in [4.69, 9.17) is 4.42 Å². The van der Waals surface area contributed by atoms with Gasteiger partial charge in [0.2, 0.25) is 5.91 Å². The van der Waals surface area contributed by atoms with Crippen LogP contribution in [0.3, 0.4) is 0 Å². The molecule has 2 unspecified atom stereocenters. The number of carbonyl (C=O) groups excluding carboxylic acids is 1. The number of likely N-dealkylation sites (tertiary alicyclic amines) is 1. The molecule has 0 saturated carbocycles. The molecule has 1 saturated heterocycles. The number of benzene rings is 1. The molecule has 1 aromatic heterocycles. The first kappa shape index (κ1) is 20.0. The van der Waals surface area contributed by atoms with Gasteiger partial charge >= 0.3 is 6.18 Å². The Hall–Kier alpha value is -2.32. The lowest BCUT2D eigenvalue weighted by molar-refractivity contribution is -0.137. The summed E-state index contributed by atoms with van der Waals surface area (Å²) < 4.78 is 43.8. The van der Waals surface area contributed by atoms with Crippen molar-refractivity contribution in [2.45, 2.75) is 37.6 Å². The molecule has 5 nitrogen and oxygen atoms in total. The van der Waals surface area contributed by atoms with E-state index in [1.807, 2.05) is 6.07 Å². The van der Waals surface area contributed by atoms with Gasteiger partial charge in [-0.15, -0.1) is 0 Å². The molecule has 2 aliphatic heterocycles. The molecule has 1 fully saturated rings. The molecule has 156 valence electrons. The Balaban J connectivity index is 1.50. The maximum atomic E-state index is 13.0. The van der Waals surface area contributed by atoms with Gasteiger partial charge in [0.25, 0.3) is 0 Å². The smallest absolute Gasteiger partial charge is 0.416 e. The Bertz CT molecular complexity index is 863. The van der Waals surface area contributed by atoms with E-state index in [2.05, 4.69) is 4.90 Å². The van der Waals surface area contributed by atoms with E-state index in [1.54, 1.807) is 11.2 Å². The number of amides is 1. The van der Waals surface area contributed by atoms with Crippen LogP contribution in [0.25, 0.3) is 0 Å². The molecule has 2 aromatic rings. The molecule has 29 heavy (non-hydrogen) atoms. The van der Waals surface area contributed by atoms with E-state index >= 15 is 0 Å². The highest BCUT2D eigenvalue weighted by Gasteiger charge is 2.35. The molecule has 3 heterocycles. The molecule has 4 rings (SSSR count). The van der Waals surface area contributed by atoms with Crippen LogP contribution in [0, 0.1) is 0 Å². The standard InChI is InChI=1S/C21H23F3N2O3/c22-21(23,24)15-3-1-14(2-4-15)11-20(28)26-9-6-19-17(7-10-29-19)18(26)13-25-8-5-16(27)12-25/h1-4,7,10,16,18,27H,5-6,8-9,11-13H2. The van der Waals surface area contributed by atoms with Crippen molar-refractivity contribution in [3.63, 3.8) is 0 Å². The largest absolute Gasteiger partial charge is 0.469 e. The van der Waals surface area contributed by atoms with Gasteiger partial charge in [0, 0.05) is 38.2 Å². The van der Waals surface area contributed by atoms with Gasteiger partial charge in [-0.05, 0) is 30.2 Å². The maximum Gasteiger partial charge on any atom is 0.416 e. The molecular weight excluding hydrogens is 385 g/mol. The van der Waals surface area contributed by atoms with Gasteiger partial charge in [-0.3, -0.25) is 9.69 Å². The lowest BCUT2D eigenvalue weighted by Crippen LogP contribution is -2.45. The Morgan fingerprint density at radius 1 is 1.17 bits per heavy atom. The zero-order valence-electron chi connectivity index (χ0n) is 15.9. The van der Waals surface area contributed by atoms with Crippen molar-refractivity contribution in [2.75, 3.05) is 26.2 Å². The predicted octanol–water partition coefficient (Wildman–Crippen LogP) is 3.03. The van der Waals surface area contributed by atoms with Crippen LogP contribution >= 0.6 is 0 Å². The van der Waals surface area contributed by atoms with Crippen molar-refractivity contribution in [3.8, 4) is 0 Å². The van der Waals surface area contributed by atoms with Crippen LogP contribution in [-0.4, -0.2) is 53.1 Å². The fraction of sp³-hybridized carbons (Fsp3) is 0.476. The number of furan rings is 1. The molecule has 2 aliphatic rings. The van der Waals surface area contributed by atoms with E-state index in [1.165, 1.54) is 12.1 Å². The van der Waals surface area contributed by atoms with Crippen molar-refractivity contribution in [3.05, 3.63) is 59.0 Å². The number of aliphatic hydroxyl groups is 1. The molecule has 2 atom stereocenters. The average Bonchev–Trinajstić information content (AvgIpc) is 3.30. The number of rotatable bonds is 4. The summed E-state index contributed by atoms with van der Waals surface area (Å²) in [5.41, 5.74) is 0.801. The Labute approximate surface area is 166 Å². The van der Waals surface area contributed by atoms with Crippen molar-refractivity contribution in [2.24, 2.45) is 0 Å². The van der Waals surface area contributed by atoms with Crippen LogP contribution in [0.2, 0.25) is 0 Å².